The highest BCUT2D eigenvalue weighted by Crippen LogP contribution is 2.28. The molecule has 2 heterocycles. The van der Waals surface area contributed by atoms with Crippen LogP contribution >= 0.6 is 11.8 Å². The lowest BCUT2D eigenvalue weighted by Gasteiger charge is -2.05. The van der Waals surface area contributed by atoms with E-state index in [4.69, 9.17) is 0 Å². The van der Waals surface area contributed by atoms with E-state index in [1.54, 1.807) is 16.4 Å². The first-order valence-electron chi connectivity index (χ1n) is 5.43. The number of anilines is 1. The Labute approximate surface area is 105 Å². The summed E-state index contributed by atoms with van der Waals surface area (Å²) in [5, 5.41) is 8.21. The Hall–Kier alpha value is -1.56. The standard InChI is InChI=1S/C11H15N5S/c1-4-12-11-13-5-8(2)10(15-11)17-9-6-14-16(3)7-9/h5-7H,4H2,1-3H3,(H,12,13,15). The highest BCUT2D eigenvalue weighted by Gasteiger charge is 2.06. The first-order chi connectivity index (χ1) is 8.19. The molecule has 17 heavy (non-hydrogen) atoms. The SMILES string of the molecule is CCNc1ncc(C)c(Sc2cnn(C)c2)n1. The second kappa shape index (κ2) is 5.18. The molecule has 0 amide bonds. The van der Waals surface area contributed by atoms with Crippen LogP contribution in [0.2, 0.25) is 0 Å². The van der Waals surface area contributed by atoms with E-state index >= 15 is 0 Å². The Bertz CT molecular complexity index is 508. The van der Waals surface area contributed by atoms with Crippen molar-refractivity contribution in [1.82, 2.24) is 19.7 Å². The van der Waals surface area contributed by atoms with Crippen molar-refractivity contribution in [2.24, 2.45) is 7.05 Å². The van der Waals surface area contributed by atoms with Crippen molar-refractivity contribution in [3.05, 3.63) is 24.2 Å². The molecule has 0 fully saturated rings. The fraction of sp³-hybridized carbons (Fsp3) is 0.364. The molecule has 0 bridgehead atoms. The number of hydrogen-bond acceptors (Lipinski definition) is 5. The molecule has 0 radical (unpaired) electrons. The van der Waals surface area contributed by atoms with Crippen LogP contribution in [-0.4, -0.2) is 26.3 Å². The quantitative estimate of drug-likeness (QED) is 0.841. The molecule has 5 nitrogen and oxygen atoms in total. The van der Waals surface area contributed by atoms with E-state index in [0.717, 1.165) is 22.0 Å². The molecule has 0 unspecified atom stereocenters. The van der Waals surface area contributed by atoms with Crippen LogP contribution in [0.4, 0.5) is 5.95 Å². The third-order valence-electron chi connectivity index (χ3n) is 2.16. The zero-order valence-electron chi connectivity index (χ0n) is 10.1. The summed E-state index contributed by atoms with van der Waals surface area (Å²) in [6.45, 7) is 4.85. The van der Waals surface area contributed by atoms with Gasteiger partial charge in [-0.3, -0.25) is 4.68 Å². The molecule has 2 rings (SSSR count). The maximum absolute atomic E-state index is 4.47. The number of hydrogen-bond donors (Lipinski definition) is 1. The molecule has 0 atom stereocenters. The third kappa shape index (κ3) is 2.97. The van der Waals surface area contributed by atoms with Gasteiger partial charge in [-0.15, -0.1) is 0 Å². The van der Waals surface area contributed by atoms with Gasteiger partial charge in [0.05, 0.1) is 11.1 Å². The number of aryl methyl sites for hydroxylation is 2. The molecular formula is C11H15N5S. The van der Waals surface area contributed by atoms with Gasteiger partial charge in [-0.25, -0.2) is 9.97 Å². The van der Waals surface area contributed by atoms with Crippen molar-refractivity contribution < 1.29 is 0 Å². The second-order valence-electron chi connectivity index (χ2n) is 3.66. The van der Waals surface area contributed by atoms with E-state index in [1.807, 2.05) is 39.5 Å². The van der Waals surface area contributed by atoms with Crippen LogP contribution in [0.5, 0.6) is 0 Å². The molecule has 0 aromatic carbocycles. The minimum absolute atomic E-state index is 0.671. The summed E-state index contributed by atoms with van der Waals surface area (Å²) in [5.74, 6) is 0.671. The number of nitrogens with zero attached hydrogens (tertiary/aromatic N) is 4. The monoisotopic (exact) mass is 249 g/mol. The summed E-state index contributed by atoms with van der Waals surface area (Å²) in [5.41, 5.74) is 1.07. The lowest BCUT2D eigenvalue weighted by Crippen LogP contribution is -2.03. The van der Waals surface area contributed by atoms with Gasteiger partial charge in [0.15, 0.2) is 0 Å². The van der Waals surface area contributed by atoms with Gasteiger partial charge in [0, 0.05) is 31.5 Å². The summed E-state index contributed by atoms with van der Waals surface area (Å²) in [6, 6.07) is 0. The van der Waals surface area contributed by atoms with Gasteiger partial charge in [-0.05, 0) is 13.8 Å². The van der Waals surface area contributed by atoms with Crippen molar-refractivity contribution in [2.75, 3.05) is 11.9 Å². The Morgan fingerprint density at radius 3 is 2.88 bits per heavy atom. The van der Waals surface area contributed by atoms with E-state index in [9.17, 15) is 0 Å². The molecule has 0 aliphatic rings. The normalized spacial score (nSPS) is 10.5. The summed E-state index contributed by atoms with van der Waals surface area (Å²) in [7, 11) is 1.90. The maximum Gasteiger partial charge on any atom is 0.223 e. The van der Waals surface area contributed by atoms with Crippen molar-refractivity contribution in [1.29, 1.82) is 0 Å². The first kappa shape index (κ1) is 11.9. The Morgan fingerprint density at radius 2 is 2.24 bits per heavy atom. The van der Waals surface area contributed by atoms with Gasteiger partial charge in [-0.1, -0.05) is 11.8 Å². The van der Waals surface area contributed by atoms with Gasteiger partial charge in [0.2, 0.25) is 5.95 Å². The summed E-state index contributed by atoms with van der Waals surface area (Å²) in [6.07, 6.45) is 5.64. The van der Waals surface area contributed by atoms with Crippen LogP contribution in [0.15, 0.2) is 28.5 Å². The summed E-state index contributed by atoms with van der Waals surface area (Å²) >= 11 is 1.60. The fourth-order valence-corrected chi connectivity index (χ4v) is 2.21. The molecule has 0 spiro atoms. The molecule has 0 aliphatic heterocycles. The van der Waals surface area contributed by atoms with Gasteiger partial charge < -0.3 is 5.32 Å². The van der Waals surface area contributed by atoms with Crippen molar-refractivity contribution in [2.45, 2.75) is 23.8 Å². The van der Waals surface area contributed by atoms with Crippen LogP contribution in [0, 0.1) is 6.92 Å². The van der Waals surface area contributed by atoms with E-state index < -0.39 is 0 Å². The summed E-state index contributed by atoms with van der Waals surface area (Å²) < 4.78 is 1.78. The average Bonchev–Trinajstić information content (AvgIpc) is 2.69. The van der Waals surface area contributed by atoms with Crippen LogP contribution in [0.1, 0.15) is 12.5 Å². The highest BCUT2D eigenvalue weighted by atomic mass is 32.2. The van der Waals surface area contributed by atoms with Gasteiger partial charge >= 0.3 is 0 Å². The van der Waals surface area contributed by atoms with E-state index in [0.29, 0.717) is 5.95 Å². The number of rotatable bonds is 4. The fourth-order valence-electron chi connectivity index (χ4n) is 1.34. The second-order valence-corrected chi connectivity index (χ2v) is 4.73. The molecular weight excluding hydrogens is 234 g/mol. The van der Waals surface area contributed by atoms with Crippen LogP contribution in [0.3, 0.4) is 0 Å². The molecule has 0 aliphatic carbocycles. The molecule has 2 aromatic heterocycles. The lowest BCUT2D eigenvalue weighted by atomic mass is 10.4. The molecule has 2 aromatic rings. The van der Waals surface area contributed by atoms with Crippen molar-refractivity contribution in [3.8, 4) is 0 Å². The molecule has 0 saturated carbocycles. The summed E-state index contributed by atoms with van der Waals surface area (Å²) in [4.78, 5) is 9.77. The zero-order valence-corrected chi connectivity index (χ0v) is 11.0. The number of nitrogens with one attached hydrogen (secondary N) is 1. The molecule has 90 valence electrons. The Morgan fingerprint density at radius 1 is 1.41 bits per heavy atom. The van der Waals surface area contributed by atoms with E-state index in [1.165, 1.54) is 0 Å². The third-order valence-corrected chi connectivity index (χ3v) is 3.21. The number of aromatic nitrogens is 4. The smallest absolute Gasteiger partial charge is 0.223 e. The Kier molecular flexibility index (Phi) is 3.63. The van der Waals surface area contributed by atoms with Gasteiger partial charge in [-0.2, -0.15) is 5.10 Å². The van der Waals surface area contributed by atoms with Crippen LogP contribution < -0.4 is 5.32 Å². The van der Waals surface area contributed by atoms with Crippen LogP contribution in [0.25, 0.3) is 0 Å². The zero-order chi connectivity index (χ0) is 12.3. The average molecular weight is 249 g/mol. The first-order valence-corrected chi connectivity index (χ1v) is 6.24. The lowest BCUT2D eigenvalue weighted by molar-refractivity contribution is 0.766. The maximum atomic E-state index is 4.47. The molecule has 6 heteroatoms. The van der Waals surface area contributed by atoms with E-state index in [2.05, 4.69) is 20.4 Å². The topological polar surface area (TPSA) is 55.6 Å². The predicted octanol–water partition coefficient (Wildman–Crippen LogP) is 2.10. The van der Waals surface area contributed by atoms with Crippen molar-refractivity contribution >= 4 is 17.7 Å². The van der Waals surface area contributed by atoms with Crippen LogP contribution in [-0.2, 0) is 7.05 Å². The van der Waals surface area contributed by atoms with Gasteiger partial charge in [0.1, 0.15) is 5.03 Å². The Balaban J connectivity index is 2.22. The molecule has 1 N–H and O–H groups in total. The highest BCUT2D eigenvalue weighted by molar-refractivity contribution is 7.99. The minimum atomic E-state index is 0.671. The minimum Gasteiger partial charge on any atom is -0.354 e. The van der Waals surface area contributed by atoms with Crippen molar-refractivity contribution in [3.63, 3.8) is 0 Å². The molecule has 0 saturated heterocycles. The van der Waals surface area contributed by atoms with Gasteiger partial charge in [0.25, 0.3) is 0 Å². The largest absolute Gasteiger partial charge is 0.354 e. The predicted molar refractivity (Wildman–Crippen MR) is 68.3 cm³/mol. The van der Waals surface area contributed by atoms with E-state index in [-0.39, 0.29) is 0 Å².